The Hall–Kier alpha value is -1.04. The van der Waals surface area contributed by atoms with E-state index in [2.05, 4.69) is 5.32 Å². The number of nitrogens with two attached hydrogens (primary N) is 1. The fourth-order valence-electron chi connectivity index (χ4n) is 2.71. The summed E-state index contributed by atoms with van der Waals surface area (Å²) in [6.45, 7) is 0.351. The van der Waals surface area contributed by atoms with E-state index in [1.54, 1.807) is 0 Å². The maximum absolute atomic E-state index is 13.0. The van der Waals surface area contributed by atoms with E-state index in [1.165, 1.54) is 0 Å². The number of benzene rings is 1. The minimum absolute atomic E-state index is 0.0585. The zero-order valence-electron chi connectivity index (χ0n) is 12.1. The van der Waals surface area contributed by atoms with Gasteiger partial charge in [-0.25, -0.2) is 8.78 Å². The second-order valence-electron chi connectivity index (χ2n) is 5.96. The van der Waals surface area contributed by atoms with Gasteiger partial charge in [-0.2, -0.15) is 0 Å². The van der Waals surface area contributed by atoms with Gasteiger partial charge in [0.25, 0.3) is 0 Å². The van der Waals surface area contributed by atoms with Crippen molar-refractivity contribution in [1.82, 2.24) is 5.32 Å². The van der Waals surface area contributed by atoms with Crippen LogP contribution in [0.15, 0.2) is 30.3 Å². The Morgan fingerprint density at radius 3 is 2.48 bits per heavy atom. The lowest BCUT2D eigenvalue weighted by atomic mass is 9.92. The van der Waals surface area contributed by atoms with Crippen LogP contribution in [0.3, 0.4) is 0 Å². The Morgan fingerprint density at radius 1 is 1.24 bits per heavy atom. The number of halogens is 2. The van der Waals surface area contributed by atoms with E-state index in [0.717, 1.165) is 5.56 Å². The van der Waals surface area contributed by atoms with Crippen LogP contribution in [0.5, 0.6) is 0 Å². The van der Waals surface area contributed by atoms with Crippen molar-refractivity contribution in [1.29, 1.82) is 0 Å². The molecule has 1 aromatic carbocycles. The molecule has 21 heavy (non-hydrogen) atoms. The molecule has 0 unspecified atom stereocenters. The number of alkyl halides is 2. The van der Waals surface area contributed by atoms with Crippen LogP contribution in [-0.2, 0) is 6.42 Å². The van der Waals surface area contributed by atoms with Crippen LogP contribution in [-0.4, -0.2) is 35.8 Å². The van der Waals surface area contributed by atoms with Crippen molar-refractivity contribution >= 4 is 0 Å². The summed E-state index contributed by atoms with van der Waals surface area (Å²) in [5.74, 6) is -2.51. The number of aliphatic hydroxyl groups is 1. The molecule has 1 aliphatic rings. The molecule has 1 fully saturated rings. The number of rotatable bonds is 6. The van der Waals surface area contributed by atoms with Gasteiger partial charge in [0.1, 0.15) is 0 Å². The first-order chi connectivity index (χ1) is 9.96. The van der Waals surface area contributed by atoms with Crippen LogP contribution >= 0.6 is 0 Å². The normalized spacial score (nSPS) is 21.9. The Labute approximate surface area is 124 Å². The van der Waals surface area contributed by atoms with Crippen LogP contribution < -0.4 is 11.1 Å². The van der Waals surface area contributed by atoms with Crippen molar-refractivity contribution < 1.29 is 13.9 Å². The number of hydrogen-bond acceptors (Lipinski definition) is 3. The molecular formula is C16H24F2N2O. The molecule has 118 valence electrons. The number of hydrogen-bond donors (Lipinski definition) is 3. The maximum atomic E-state index is 13.0. The van der Waals surface area contributed by atoms with Crippen molar-refractivity contribution in [3.05, 3.63) is 35.9 Å². The van der Waals surface area contributed by atoms with E-state index in [4.69, 9.17) is 5.73 Å². The fourth-order valence-corrected chi connectivity index (χ4v) is 2.71. The van der Waals surface area contributed by atoms with Crippen molar-refractivity contribution in [2.75, 3.05) is 6.54 Å². The molecule has 5 heteroatoms. The van der Waals surface area contributed by atoms with Gasteiger partial charge in [0.05, 0.1) is 6.10 Å². The number of aliphatic hydroxyl groups excluding tert-OH is 1. The summed E-state index contributed by atoms with van der Waals surface area (Å²) in [4.78, 5) is 0. The third-order valence-corrected chi connectivity index (χ3v) is 4.14. The molecule has 0 spiro atoms. The molecule has 0 bridgehead atoms. The van der Waals surface area contributed by atoms with Crippen LogP contribution in [0.25, 0.3) is 0 Å². The summed E-state index contributed by atoms with van der Waals surface area (Å²) in [5.41, 5.74) is 7.08. The molecule has 0 aromatic heterocycles. The monoisotopic (exact) mass is 298 g/mol. The molecule has 3 nitrogen and oxygen atoms in total. The minimum Gasteiger partial charge on any atom is -0.390 e. The van der Waals surface area contributed by atoms with Crippen molar-refractivity contribution in [2.24, 2.45) is 5.73 Å². The average Bonchev–Trinajstić information content (AvgIpc) is 2.47. The first-order valence-electron chi connectivity index (χ1n) is 7.55. The van der Waals surface area contributed by atoms with E-state index in [-0.39, 0.29) is 24.9 Å². The quantitative estimate of drug-likeness (QED) is 0.753. The standard InChI is InChI=1S/C16H24F2N2O/c17-16(18)8-6-13(7-9-16)20-11-15(21)14(19)10-12-4-2-1-3-5-12/h1-5,13-15,20-21H,6-11,19H2/t14-,15+/m0/s1. The highest BCUT2D eigenvalue weighted by Gasteiger charge is 2.34. The molecular weight excluding hydrogens is 274 g/mol. The zero-order chi connectivity index (χ0) is 15.3. The Balaban J connectivity index is 1.70. The summed E-state index contributed by atoms with van der Waals surface area (Å²) in [6, 6.07) is 9.47. The topological polar surface area (TPSA) is 58.3 Å². The van der Waals surface area contributed by atoms with E-state index in [1.807, 2.05) is 30.3 Å². The Kier molecular flexibility index (Phi) is 5.67. The molecule has 0 amide bonds. The van der Waals surface area contributed by atoms with Gasteiger partial charge in [0.15, 0.2) is 0 Å². The van der Waals surface area contributed by atoms with Crippen molar-refractivity contribution in [2.45, 2.75) is 56.2 Å². The fraction of sp³-hybridized carbons (Fsp3) is 0.625. The van der Waals surface area contributed by atoms with E-state index >= 15 is 0 Å². The van der Waals surface area contributed by atoms with Gasteiger partial charge >= 0.3 is 0 Å². The lowest BCUT2D eigenvalue weighted by Crippen LogP contribution is -2.47. The maximum Gasteiger partial charge on any atom is 0.248 e. The van der Waals surface area contributed by atoms with E-state index in [9.17, 15) is 13.9 Å². The third kappa shape index (κ3) is 5.34. The Morgan fingerprint density at radius 2 is 1.86 bits per heavy atom. The first-order valence-corrected chi connectivity index (χ1v) is 7.55. The largest absolute Gasteiger partial charge is 0.390 e. The molecule has 0 radical (unpaired) electrons. The third-order valence-electron chi connectivity index (χ3n) is 4.14. The average molecular weight is 298 g/mol. The molecule has 1 aromatic rings. The summed E-state index contributed by atoms with van der Waals surface area (Å²) in [5, 5.41) is 13.2. The van der Waals surface area contributed by atoms with Gasteiger partial charge in [-0.05, 0) is 24.8 Å². The molecule has 4 N–H and O–H groups in total. The molecule has 2 rings (SSSR count). The highest BCUT2D eigenvalue weighted by molar-refractivity contribution is 5.16. The van der Waals surface area contributed by atoms with Gasteiger partial charge in [0.2, 0.25) is 5.92 Å². The predicted octanol–water partition coefficient (Wildman–Crippen LogP) is 2.08. The van der Waals surface area contributed by atoms with Crippen LogP contribution in [0.2, 0.25) is 0 Å². The van der Waals surface area contributed by atoms with Crippen molar-refractivity contribution in [3.63, 3.8) is 0 Å². The SMILES string of the molecule is N[C@@H](Cc1ccccc1)[C@H](O)CNC1CCC(F)(F)CC1. The Bertz CT molecular complexity index is 418. The molecule has 0 heterocycles. The van der Waals surface area contributed by atoms with Gasteiger partial charge in [0, 0.05) is 31.5 Å². The van der Waals surface area contributed by atoms with Gasteiger partial charge in [-0.15, -0.1) is 0 Å². The molecule has 1 aliphatic carbocycles. The van der Waals surface area contributed by atoms with E-state index < -0.39 is 12.0 Å². The number of nitrogens with one attached hydrogen (secondary N) is 1. The highest BCUT2D eigenvalue weighted by atomic mass is 19.3. The lowest BCUT2D eigenvalue weighted by Gasteiger charge is -2.30. The van der Waals surface area contributed by atoms with Crippen molar-refractivity contribution in [3.8, 4) is 0 Å². The molecule has 1 saturated carbocycles. The first kappa shape index (κ1) is 16.3. The smallest absolute Gasteiger partial charge is 0.248 e. The van der Waals surface area contributed by atoms with Gasteiger partial charge < -0.3 is 16.2 Å². The summed E-state index contributed by atoms with van der Waals surface area (Å²) in [7, 11) is 0. The molecule has 0 saturated heterocycles. The summed E-state index contributed by atoms with van der Waals surface area (Å²) in [6.07, 6.45) is 0.689. The zero-order valence-corrected chi connectivity index (χ0v) is 12.1. The van der Waals surface area contributed by atoms with Gasteiger partial charge in [-0.3, -0.25) is 0 Å². The van der Waals surface area contributed by atoms with Crippen LogP contribution in [0.1, 0.15) is 31.2 Å². The van der Waals surface area contributed by atoms with Crippen LogP contribution in [0, 0.1) is 0 Å². The summed E-state index contributed by atoms with van der Waals surface area (Å²) < 4.78 is 26.1. The second-order valence-corrected chi connectivity index (χ2v) is 5.96. The van der Waals surface area contributed by atoms with E-state index in [0.29, 0.717) is 25.8 Å². The predicted molar refractivity (Wildman–Crippen MR) is 79.3 cm³/mol. The molecule has 2 atom stereocenters. The summed E-state index contributed by atoms with van der Waals surface area (Å²) >= 11 is 0. The lowest BCUT2D eigenvalue weighted by molar-refractivity contribution is -0.0411. The van der Waals surface area contributed by atoms with Crippen LogP contribution in [0.4, 0.5) is 8.78 Å². The second kappa shape index (κ2) is 7.29. The molecule has 0 aliphatic heterocycles. The highest BCUT2D eigenvalue weighted by Crippen LogP contribution is 2.32. The van der Waals surface area contributed by atoms with Gasteiger partial charge in [-0.1, -0.05) is 30.3 Å². The minimum atomic E-state index is -2.51.